The Bertz CT molecular complexity index is 713. The lowest BCUT2D eigenvalue weighted by Gasteiger charge is -2.20. The van der Waals surface area contributed by atoms with E-state index in [4.69, 9.17) is 9.47 Å². The SMILES string of the molecule is CCCC(C)CCCC(C)/C=C/CC(C)/C=C/CC(C)(C)OC.COC(C)(C)C/C=C/C(C)CCCC(C)CCCC(C)C. The minimum Gasteiger partial charge on any atom is -0.378 e. The average molecular weight is 619 g/mol. The van der Waals surface area contributed by atoms with Gasteiger partial charge in [0.1, 0.15) is 0 Å². The molecule has 5 unspecified atom stereocenters. The molecule has 0 saturated carbocycles. The van der Waals surface area contributed by atoms with E-state index in [0.717, 1.165) is 37.0 Å². The maximum absolute atomic E-state index is 5.44. The lowest BCUT2D eigenvalue weighted by Crippen LogP contribution is -2.20. The van der Waals surface area contributed by atoms with Crippen molar-refractivity contribution in [3.63, 3.8) is 0 Å². The molecule has 0 bridgehead atoms. The van der Waals surface area contributed by atoms with Crippen LogP contribution in [0, 0.1) is 35.5 Å². The van der Waals surface area contributed by atoms with Crippen LogP contribution in [0.5, 0.6) is 0 Å². The van der Waals surface area contributed by atoms with Gasteiger partial charge in [-0.15, -0.1) is 0 Å². The normalized spacial score (nSPS) is 16.4. The smallest absolute Gasteiger partial charge is 0.0657 e. The van der Waals surface area contributed by atoms with Crippen LogP contribution < -0.4 is 0 Å². The zero-order valence-corrected chi connectivity index (χ0v) is 32.6. The highest BCUT2D eigenvalue weighted by molar-refractivity contribution is 4.96. The average Bonchev–Trinajstić information content (AvgIpc) is 2.93. The predicted molar refractivity (Wildman–Crippen MR) is 201 cm³/mol. The Kier molecular flexibility index (Phi) is 28.1. The van der Waals surface area contributed by atoms with Crippen molar-refractivity contribution in [3.8, 4) is 0 Å². The topological polar surface area (TPSA) is 18.5 Å². The Hall–Kier alpha value is -0.860. The van der Waals surface area contributed by atoms with E-state index in [0.29, 0.717) is 17.8 Å². The number of methoxy groups -OCH3 is 2. The van der Waals surface area contributed by atoms with Crippen LogP contribution in [0.2, 0.25) is 0 Å². The van der Waals surface area contributed by atoms with Gasteiger partial charge in [0, 0.05) is 14.2 Å². The second-order valence-electron chi connectivity index (χ2n) is 16.0. The van der Waals surface area contributed by atoms with Crippen LogP contribution in [0.1, 0.15) is 173 Å². The largest absolute Gasteiger partial charge is 0.378 e. The van der Waals surface area contributed by atoms with Crippen molar-refractivity contribution in [2.75, 3.05) is 14.2 Å². The molecule has 262 valence electrons. The van der Waals surface area contributed by atoms with Crippen LogP contribution in [-0.2, 0) is 9.47 Å². The molecule has 0 fully saturated rings. The fraction of sp³-hybridized carbons (Fsp3) is 0.857. The monoisotopic (exact) mass is 619 g/mol. The van der Waals surface area contributed by atoms with Gasteiger partial charge < -0.3 is 9.47 Å². The van der Waals surface area contributed by atoms with Crippen molar-refractivity contribution in [1.29, 1.82) is 0 Å². The highest BCUT2D eigenvalue weighted by Gasteiger charge is 2.14. The lowest BCUT2D eigenvalue weighted by molar-refractivity contribution is 0.0251. The van der Waals surface area contributed by atoms with Gasteiger partial charge in [0.05, 0.1) is 11.2 Å². The zero-order chi connectivity index (χ0) is 34.0. The highest BCUT2D eigenvalue weighted by atomic mass is 16.5. The van der Waals surface area contributed by atoms with E-state index in [-0.39, 0.29) is 11.2 Å². The summed E-state index contributed by atoms with van der Waals surface area (Å²) in [7, 11) is 3.57. The molecule has 44 heavy (non-hydrogen) atoms. The van der Waals surface area contributed by atoms with E-state index in [9.17, 15) is 0 Å². The first-order chi connectivity index (χ1) is 20.6. The Balaban J connectivity index is 0. The molecule has 0 spiro atoms. The molecular weight excluding hydrogens is 536 g/mol. The minimum absolute atomic E-state index is 0.0266. The van der Waals surface area contributed by atoms with Crippen molar-refractivity contribution in [3.05, 3.63) is 36.5 Å². The molecule has 0 aliphatic heterocycles. The van der Waals surface area contributed by atoms with Crippen molar-refractivity contribution in [1.82, 2.24) is 0 Å². The summed E-state index contributed by atoms with van der Waals surface area (Å²) in [6.07, 6.45) is 32.2. The van der Waals surface area contributed by atoms with Gasteiger partial charge in [-0.25, -0.2) is 0 Å². The summed E-state index contributed by atoms with van der Waals surface area (Å²) in [6, 6.07) is 0. The van der Waals surface area contributed by atoms with Gasteiger partial charge in [-0.3, -0.25) is 0 Å². The van der Waals surface area contributed by atoms with Crippen molar-refractivity contribution >= 4 is 0 Å². The van der Waals surface area contributed by atoms with Gasteiger partial charge >= 0.3 is 0 Å². The van der Waals surface area contributed by atoms with E-state index < -0.39 is 0 Å². The molecule has 0 heterocycles. The molecule has 0 saturated heterocycles. The Morgan fingerprint density at radius 1 is 0.500 bits per heavy atom. The molecule has 0 rings (SSSR count). The van der Waals surface area contributed by atoms with Gasteiger partial charge in [0.15, 0.2) is 0 Å². The molecule has 5 atom stereocenters. The summed E-state index contributed by atoms with van der Waals surface area (Å²) in [5.41, 5.74) is -0.0728. The van der Waals surface area contributed by atoms with Crippen molar-refractivity contribution in [2.24, 2.45) is 35.5 Å². The van der Waals surface area contributed by atoms with E-state index in [1.54, 1.807) is 14.2 Å². The fourth-order valence-electron chi connectivity index (χ4n) is 5.36. The summed E-state index contributed by atoms with van der Waals surface area (Å²) in [4.78, 5) is 0. The van der Waals surface area contributed by atoms with Gasteiger partial charge in [0.25, 0.3) is 0 Å². The van der Waals surface area contributed by atoms with E-state index in [2.05, 4.69) is 120 Å². The quantitative estimate of drug-likeness (QED) is 0.0948. The molecule has 0 aromatic carbocycles. The molecule has 0 amide bonds. The number of rotatable bonds is 25. The van der Waals surface area contributed by atoms with Crippen LogP contribution in [0.25, 0.3) is 0 Å². The third-order valence-electron chi connectivity index (χ3n) is 9.20. The maximum Gasteiger partial charge on any atom is 0.0657 e. The zero-order valence-electron chi connectivity index (χ0n) is 32.6. The summed E-state index contributed by atoms with van der Waals surface area (Å²) in [6.45, 7) is 27.3. The second kappa shape index (κ2) is 27.3. The van der Waals surface area contributed by atoms with Crippen LogP contribution in [0.3, 0.4) is 0 Å². The third-order valence-corrected chi connectivity index (χ3v) is 9.20. The first kappa shape index (κ1) is 45.3. The molecule has 0 aromatic rings. The summed E-state index contributed by atoms with van der Waals surface area (Å²) >= 11 is 0. The van der Waals surface area contributed by atoms with Crippen molar-refractivity contribution in [2.45, 2.75) is 184 Å². The third kappa shape index (κ3) is 31.1. The van der Waals surface area contributed by atoms with Crippen LogP contribution in [0.4, 0.5) is 0 Å². The molecule has 2 nitrogen and oxygen atoms in total. The van der Waals surface area contributed by atoms with Crippen LogP contribution in [-0.4, -0.2) is 25.4 Å². The minimum atomic E-state index is -0.0461. The first-order valence-electron chi connectivity index (χ1n) is 18.7. The maximum atomic E-state index is 5.44. The Morgan fingerprint density at radius 2 is 0.886 bits per heavy atom. The summed E-state index contributed by atoms with van der Waals surface area (Å²) < 4.78 is 10.9. The molecule has 0 N–H and O–H groups in total. The highest BCUT2D eigenvalue weighted by Crippen LogP contribution is 2.21. The predicted octanol–water partition coefficient (Wildman–Crippen LogP) is 13.8. The van der Waals surface area contributed by atoms with Gasteiger partial charge in [0.2, 0.25) is 0 Å². The first-order valence-corrected chi connectivity index (χ1v) is 18.7. The van der Waals surface area contributed by atoms with Crippen molar-refractivity contribution < 1.29 is 9.47 Å². The van der Waals surface area contributed by atoms with E-state index in [1.165, 1.54) is 70.6 Å². The van der Waals surface area contributed by atoms with E-state index >= 15 is 0 Å². The number of allylic oxidation sites excluding steroid dienone is 4. The Morgan fingerprint density at radius 3 is 1.30 bits per heavy atom. The Labute approximate surface area is 279 Å². The summed E-state index contributed by atoms with van der Waals surface area (Å²) in [5, 5.41) is 0. The summed E-state index contributed by atoms with van der Waals surface area (Å²) in [5.74, 6) is 4.67. The number of hydrogen-bond donors (Lipinski definition) is 0. The van der Waals surface area contributed by atoms with Crippen LogP contribution >= 0.6 is 0 Å². The lowest BCUT2D eigenvalue weighted by atomic mass is 9.93. The van der Waals surface area contributed by atoms with E-state index in [1.807, 2.05) is 0 Å². The number of ether oxygens (including phenoxy) is 2. The second-order valence-corrected chi connectivity index (χ2v) is 16.0. The molecular formula is C42H82O2. The van der Waals surface area contributed by atoms with Gasteiger partial charge in [-0.1, -0.05) is 150 Å². The standard InChI is InChI=1S/C22H42O.C20H40O/c1-8-12-19(2)13-9-14-20(3)15-10-16-21(4)17-11-18-22(5,6)23-7;1-17(2)11-8-12-18(3)13-9-14-19(4)15-10-16-20(5,6)21-7/h10-11,15,17,19-21H,8-9,12-14,16,18H2,1-7H3;10,15,17-19H,8-9,11-14,16H2,1-7H3/b15-10+,17-11+;15-10+. The van der Waals surface area contributed by atoms with Gasteiger partial charge in [-0.2, -0.15) is 0 Å². The van der Waals surface area contributed by atoms with Gasteiger partial charge in [-0.05, 0) is 95.3 Å². The molecule has 0 aliphatic rings. The molecule has 0 aliphatic carbocycles. The fourth-order valence-corrected chi connectivity index (χ4v) is 5.36. The molecule has 0 radical (unpaired) electrons. The molecule has 2 heteroatoms. The number of hydrogen-bond acceptors (Lipinski definition) is 2. The van der Waals surface area contributed by atoms with Crippen LogP contribution in [0.15, 0.2) is 36.5 Å². The molecule has 0 aromatic heterocycles.